The van der Waals surface area contributed by atoms with Gasteiger partial charge in [-0.05, 0) is 47.5 Å². The molecule has 2 saturated heterocycles. The molecule has 0 aromatic rings. The molecule has 2 fully saturated rings. The summed E-state index contributed by atoms with van der Waals surface area (Å²) in [6.45, 7) is 14.9. The van der Waals surface area contributed by atoms with Gasteiger partial charge in [-0.3, -0.25) is 4.79 Å². The highest BCUT2D eigenvalue weighted by molar-refractivity contribution is 14.2. The van der Waals surface area contributed by atoms with Crippen LogP contribution in [0.15, 0.2) is 0 Å². The lowest BCUT2D eigenvalue weighted by atomic mass is 9.90. The summed E-state index contributed by atoms with van der Waals surface area (Å²) in [5, 5.41) is 0. The third-order valence-electron chi connectivity index (χ3n) is 5.88. The zero-order chi connectivity index (χ0) is 19.1. The molecule has 0 N–H and O–H groups in total. The molecule has 5 nitrogen and oxygen atoms in total. The first-order chi connectivity index (χ1) is 11.5. The highest BCUT2D eigenvalue weighted by Crippen LogP contribution is 2.55. The molecular weight excluding hydrogens is 435 g/mol. The van der Waals surface area contributed by atoms with E-state index in [0.29, 0.717) is 13.2 Å². The van der Waals surface area contributed by atoms with Gasteiger partial charge in [-0.1, -0.05) is 39.1 Å². The van der Waals surface area contributed by atoms with Crippen molar-refractivity contribution in [2.24, 2.45) is 5.41 Å². The summed E-state index contributed by atoms with van der Waals surface area (Å²) >= 11 is -0.652. The van der Waals surface area contributed by atoms with E-state index in [-0.39, 0.29) is 17.7 Å². The van der Waals surface area contributed by atoms with E-state index in [4.69, 9.17) is 18.9 Å². The molecule has 4 atom stereocenters. The summed E-state index contributed by atoms with van der Waals surface area (Å²) in [4.78, 5) is 12.6. The van der Waals surface area contributed by atoms with Crippen LogP contribution in [-0.4, -0.2) is 50.7 Å². The van der Waals surface area contributed by atoms with Crippen molar-refractivity contribution in [3.05, 3.63) is 0 Å². The molecule has 146 valence electrons. The Bertz CT molecular complexity index is 532. The van der Waals surface area contributed by atoms with E-state index in [1.54, 1.807) is 0 Å². The topological polar surface area (TPSA) is 54.0 Å². The average Bonchev–Trinajstić information content (AvgIpc) is 2.99. The number of rotatable bonds is 7. The van der Waals surface area contributed by atoms with Crippen molar-refractivity contribution in [1.82, 2.24) is 0 Å². The second-order valence-corrected chi connectivity index (χ2v) is 10.7. The molecule has 0 unspecified atom stereocenters. The summed E-state index contributed by atoms with van der Waals surface area (Å²) < 4.78 is 28.2. The van der Waals surface area contributed by atoms with Crippen molar-refractivity contribution in [2.45, 2.75) is 88.3 Å². The number of esters is 1. The van der Waals surface area contributed by atoms with Crippen molar-refractivity contribution < 1.29 is 23.7 Å². The maximum Gasteiger partial charge on any atom is 0.311 e. The summed E-state index contributed by atoms with van der Waals surface area (Å²) in [5.41, 5.74) is -1.40. The summed E-state index contributed by atoms with van der Waals surface area (Å²) in [6.07, 6.45) is 1.02. The van der Waals surface area contributed by atoms with Gasteiger partial charge < -0.3 is 18.9 Å². The number of alkyl halides is 1. The van der Waals surface area contributed by atoms with Crippen molar-refractivity contribution in [3.63, 3.8) is 0 Å². The van der Waals surface area contributed by atoms with E-state index in [1.165, 1.54) is 0 Å². The Morgan fingerprint density at radius 1 is 1.16 bits per heavy atom. The van der Waals surface area contributed by atoms with Gasteiger partial charge in [0.1, 0.15) is 11.7 Å². The molecule has 0 bridgehead atoms. The first-order valence-electron chi connectivity index (χ1n) is 9.04. The number of hydrogen-bond acceptors (Lipinski definition) is 5. The molecule has 6 heteroatoms. The molecule has 0 radical (unpaired) electrons. The minimum absolute atomic E-state index is 0.188. The molecule has 2 aliphatic rings. The molecule has 0 aliphatic carbocycles. The summed E-state index contributed by atoms with van der Waals surface area (Å²) in [7, 11) is 0. The molecule has 25 heavy (non-hydrogen) atoms. The quantitative estimate of drug-likeness (QED) is 0.323. The molecule has 0 aromatic heterocycles. The minimum atomic E-state index is -0.653. The van der Waals surface area contributed by atoms with Gasteiger partial charge in [0.05, 0.1) is 24.2 Å². The fourth-order valence-electron chi connectivity index (χ4n) is 3.09. The van der Waals surface area contributed by atoms with Crippen molar-refractivity contribution in [3.8, 4) is 0 Å². The molecule has 0 spiro atoms. The highest BCUT2D eigenvalue weighted by atomic mass is 127. The highest BCUT2D eigenvalue weighted by Gasteiger charge is 2.70. The lowest BCUT2D eigenvalue weighted by Crippen LogP contribution is -2.55. The second-order valence-electron chi connectivity index (χ2n) is 8.36. The molecule has 0 amide bonds. The van der Waals surface area contributed by atoms with Crippen molar-refractivity contribution in [1.29, 1.82) is 0 Å². The van der Waals surface area contributed by atoms with E-state index in [2.05, 4.69) is 25.3 Å². The van der Waals surface area contributed by atoms with Crippen molar-refractivity contribution >= 4 is 31.2 Å². The van der Waals surface area contributed by atoms with Gasteiger partial charge in [0.2, 0.25) is 0 Å². The zero-order valence-electron chi connectivity index (χ0n) is 16.6. The molecule has 2 rings (SSSR count). The van der Waals surface area contributed by atoms with Crippen LogP contribution in [0.3, 0.4) is 0 Å². The first kappa shape index (κ1) is 21.3. The van der Waals surface area contributed by atoms with E-state index in [0.717, 1.165) is 12.8 Å². The van der Waals surface area contributed by atoms with Crippen LogP contribution in [0.5, 0.6) is 0 Å². The molecular formula is C19H33IO5. The smallest absolute Gasteiger partial charge is 0.311 e. The summed E-state index contributed by atoms with van der Waals surface area (Å²) in [5.74, 6) is -0.202. The third-order valence-corrected chi connectivity index (χ3v) is 9.09. The maximum atomic E-state index is 12.6. The van der Waals surface area contributed by atoms with E-state index in [1.807, 2.05) is 27.7 Å². The van der Waals surface area contributed by atoms with Gasteiger partial charge in [-0.2, -0.15) is 0 Å². The first-order valence-corrected chi connectivity index (χ1v) is 11.6. The maximum absolute atomic E-state index is 12.6. The predicted molar refractivity (Wildman–Crippen MR) is 107 cm³/mol. The Labute approximate surface area is 161 Å². The van der Waals surface area contributed by atoms with Crippen LogP contribution in [0.2, 0.25) is 0 Å². The van der Waals surface area contributed by atoms with Gasteiger partial charge in [0, 0.05) is 0 Å². The number of fused-ring (bicyclic) bond motifs is 1. The Hall–Kier alpha value is -0.0500. The van der Waals surface area contributed by atoms with E-state index < -0.39 is 41.5 Å². The Balaban J connectivity index is 2.24. The van der Waals surface area contributed by atoms with Gasteiger partial charge in [-0.15, -0.1) is 0 Å². The van der Waals surface area contributed by atoms with Gasteiger partial charge >= 0.3 is 5.97 Å². The number of carbonyl (C=O) groups excluding carboxylic acids is 1. The van der Waals surface area contributed by atoms with E-state index >= 15 is 0 Å². The minimum Gasteiger partial charge on any atom is -0.455 e. The third kappa shape index (κ3) is 3.56. The van der Waals surface area contributed by atoms with Crippen LogP contribution in [0.25, 0.3) is 0 Å². The second kappa shape index (κ2) is 7.17. The van der Waals surface area contributed by atoms with Gasteiger partial charge in [-0.25, -0.2) is 0 Å². The lowest BCUT2D eigenvalue weighted by molar-refractivity contribution is -0.165. The average molecular weight is 468 g/mol. The molecule has 2 heterocycles. The fourth-order valence-corrected chi connectivity index (χ4v) is 5.55. The van der Waals surface area contributed by atoms with E-state index in [9.17, 15) is 4.79 Å². The largest absolute Gasteiger partial charge is 0.455 e. The Kier molecular flexibility index (Phi) is 6.09. The molecule has 0 saturated carbocycles. The number of ether oxygens (including phenoxy) is 4. The fraction of sp³-hybridized carbons (Fsp3) is 0.895. The van der Waals surface area contributed by atoms with Crippen LogP contribution in [0.1, 0.15) is 61.3 Å². The predicted octanol–water partition coefficient (Wildman–Crippen LogP) is 3.83. The number of halogens is 1. The normalized spacial score (nSPS) is 35.6. The van der Waals surface area contributed by atoms with Crippen LogP contribution in [0, 0.1) is 5.41 Å². The van der Waals surface area contributed by atoms with Crippen molar-refractivity contribution in [2.75, 3.05) is 13.2 Å². The Morgan fingerprint density at radius 3 is 2.28 bits per heavy atom. The van der Waals surface area contributed by atoms with Gasteiger partial charge in [0.25, 0.3) is 0 Å². The molecule has 0 aromatic carbocycles. The SMILES string of the molecule is C=I[C@]12OC[C@@H](OC(C)(C)CC)[C@@]1(C)OC[C@H]2OC(=O)C(C)(C)CC. The Morgan fingerprint density at radius 2 is 1.76 bits per heavy atom. The number of carbonyl (C=O) groups is 1. The standard InChI is InChI=1S/C19H33IO5/c1-9-16(3,4)15(21)24-14-12-22-18(7)13(25-17(5,6)10-2)11-23-19(14,18)20-8/h13-14H,8-12H2,1-7H3/t13-,14-,18-,19-/m1/s1. The molecule has 2 aliphatic heterocycles. The van der Waals surface area contributed by atoms with Crippen LogP contribution in [-0.2, 0) is 23.7 Å². The monoisotopic (exact) mass is 468 g/mol. The van der Waals surface area contributed by atoms with Crippen LogP contribution >= 0.6 is 20.7 Å². The lowest BCUT2D eigenvalue weighted by Gasteiger charge is -2.39. The van der Waals surface area contributed by atoms with Gasteiger partial charge in [0.15, 0.2) is 9.71 Å². The number of hydrogen-bond donors (Lipinski definition) is 0. The zero-order valence-corrected chi connectivity index (χ0v) is 18.8. The van der Waals surface area contributed by atoms with Crippen LogP contribution < -0.4 is 0 Å². The summed E-state index contributed by atoms with van der Waals surface area (Å²) in [6, 6.07) is 0. The van der Waals surface area contributed by atoms with Crippen LogP contribution in [0.4, 0.5) is 0 Å².